The molecule has 1 fully saturated rings. The molecule has 0 spiro atoms. The Labute approximate surface area is 156 Å². The summed E-state index contributed by atoms with van der Waals surface area (Å²) in [6.07, 6.45) is 1.62. The fraction of sp³-hybridized carbons (Fsp3) is 0.0556. The van der Waals surface area contributed by atoms with Crippen LogP contribution in [0.15, 0.2) is 51.8 Å². The van der Waals surface area contributed by atoms with Gasteiger partial charge in [0.1, 0.15) is 5.75 Å². The number of phenolic OH excluding ortho intramolecular Hbond substituents is 1. The minimum Gasteiger partial charge on any atom is -0.507 e. The molecule has 5 nitrogen and oxygen atoms in total. The van der Waals surface area contributed by atoms with E-state index in [2.05, 4.69) is 15.9 Å². The third-order valence-corrected chi connectivity index (χ3v) is 5.11. The summed E-state index contributed by atoms with van der Waals surface area (Å²) in [6.45, 7) is 0.160. The van der Waals surface area contributed by atoms with Crippen LogP contribution in [0.4, 0.5) is 4.79 Å². The lowest BCUT2D eigenvalue weighted by Crippen LogP contribution is -2.27. The van der Waals surface area contributed by atoms with Gasteiger partial charge in [-0.2, -0.15) is 5.26 Å². The highest BCUT2D eigenvalue weighted by molar-refractivity contribution is 9.10. The van der Waals surface area contributed by atoms with E-state index >= 15 is 0 Å². The molecule has 3 rings (SSSR count). The molecular weight excluding hydrogens is 404 g/mol. The van der Waals surface area contributed by atoms with Gasteiger partial charge in [-0.15, -0.1) is 0 Å². The number of carbonyl (C=O) groups is 2. The Hall–Kier alpha value is -2.56. The van der Waals surface area contributed by atoms with Crippen LogP contribution in [-0.2, 0) is 11.3 Å². The van der Waals surface area contributed by atoms with Crippen molar-refractivity contribution < 1.29 is 14.7 Å². The predicted octanol–water partition coefficient (Wildman–Crippen LogP) is 4.26. The molecule has 0 aliphatic carbocycles. The van der Waals surface area contributed by atoms with Crippen molar-refractivity contribution in [2.45, 2.75) is 6.54 Å². The Kier molecular flexibility index (Phi) is 4.93. The number of phenols is 1. The second-order valence-corrected chi connectivity index (χ2v) is 7.13. The molecule has 0 saturated carbocycles. The Balaban J connectivity index is 1.80. The number of carbonyl (C=O) groups excluding carboxylic acids is 2. The lowest BCUT2D eigenvalue weighted by molar-refractivity contribution is -0.123. The van der Waals surface area contributed by atoms with Crippen molar-refractivity contribution in [2.75, 3.05) is 0 Å². The SMILES string of the molecule is N#Cc1ccc(CN2C(=O)S/C(=C\c3ccc(O)c(Br)c3)C2=O)cc1. The molecule has 0 atom stereocenters. The first-order valence-corrected chi connectivity index (χ1v) is 8.82. The van der Waals surface area contributed by atoms with E-state index in [1.165, 1.54) is 11.0 Å². The van der Waals surface area contributed by atoms with E-state index in [1.54, 1.807) is 42.5 Å². The molecule has 1 aliphatic rings. The molecule has 7 heteroatoms. The molecular formula is C18H11BrN2O3S. The average molecular weight is 415 g/mol. The molecule has 2 amide bonds. The number of benzene rings is 2. The lowest BCUT2D eigenvalue weighted by atomic mass is 10.1. The number of rotatable bonds is 3. The quantitative estimate of drug-likeness (QED) is 0.758. The van der Waals surface area contributed by atoms with Gasteiger partial charge in [0.05, 0.1) is 27.6 Å². The largest absolute Gasteiger partial charge is 0.507 e. The van der Waals surface area contributed by atoms with E-state index in [0.29, 0.717) is 20.5 Å². The highest BCUT2D eigenvalue weighted by atomic mass is 79.9. The van der Waals surface area contributed by atoms with E-state index in [4.69, 9.17) is 5.26 Å². The summed E-state index contributed by atoms with van der Waals surface area (Å²) >= 11 is 4.10. The minimum absolute atomic E-state index is 0.103. The molecule has 25 heavy (non-hydrogen) atoms. The second kappa shape index (κ2) is 7.13. The highest BCUT2D eigenvalue weighted by Crippen LogP contribution is 2.34. The number of nitriles is 1. The first-order valence-electron chi connectivity index (χ1n) is 7.21. The van der Waals surface area contributed by atoms with Crippen LogP contribution in [0, 0.1) is 11.3 Å². The van der Waals surface area contributed by atoms with Gasteiger partial charge in [-0.1, -0.05) is 18.2 Å². The summed E-state index contributed by atoms with van der Waals surface area (Å²) in [6, 6.07) is 13.6. The summed E-state index contributed by atoms with van der Waals surface area (Å²) < 4.78 is 0.512. The lowest BCUT2D eigenvalue weighted by Gasteiger charge is -2.12. The number of nitrogens with zero attached hydrogens (tertiary/aromatic N) is 2. The number of amides is 2. The van der Waals surface area contributed by atoms with Gasteiger partial charge in [-0.25, -0.2) is 0 Å². The van der Waals surface area contributed by atoms with Crippen LogP contribution >= 0.6 is 27.7 Å². The van der Waals surface area contributed by atoms with Crippen LogP contribution < -0.4 is 0 Å². The molecule has 0 radical (unpaired) electrons. The zero-order chi connectivity index (χ0) is 18.0. The highest BCUT2D eigenvalue weighted by Gasteiger charge is 2.34. The normalized spacial score (nSPS) is 15.7. The van der Waals surface area contributed by atoms with Gasteiger partial charge in [0.25, 0.3) is 11.1 Å². The number of aromatic hydroxyl groups is 1. The topological polar surface area (TPSA) is 81.4 Å². The van der Waals surface area contributed by atoms with Crippen LogP contribution in [0.2, 0.25) is 0 Å². The Morgan fingerprint density at radius 3 is 2.56 bits per heavy atom. The van der Waals surface area contributed by atoms with Gasteiger partial charge >= 0.3 is 0 Å². The van der Waals surface area contributed by atoms with E-state index in [9.17, 15) is 14.7 Å². The van der Waals surface area contributed by atoms with Gasteiger partial charge in [-0.3, -0.25) is 14.5 Å². The van der Waals surface area contributed by atoms with Crippen molar-refractivity contribution in [1.82, 2.24) is 4.90 Å². The van der Waals surface area contributed by atoms with Crippen molar-refractivity contribution in [2.24, 2.45) is 0 Å². The monoisotopic (exact) mass is 414 g/mol. The smallest absolute Gasteiger partial charge is 0.293 e. The van der Waals surface area contributed by atoms with Crippen molar-refractivity contribution in [3.8, 4) is 11.8 Å². The molecule has 1 heterocycles. The van der Waals surface area contributed by atoms with Crippen LogP contribution in [-0.4, -0.2) is 21.2 Å². The fourth-order valence-corrected chi connectivity index (χ4v) is 3.50. The number of imide groups is 1. The molecule has 0 unspecified atom stereocenters. The van der Waals surface area contributed by atoms with Crippen molar-refractivity contribution >= 4 is 44.9 Å². The number of hydrogen-bond acceptors (Lipinski definition) is 5. The molecule has 124 valence electrons. The summed E-state index contributed by atoms with van der Waals surface area (Å²) in [5.74, 6) is -0.255. The van der Waals surface area contributed by atoms with Crippen molar-refractivity contribution in [3.05, 3.63) is 68.5 Å². The number of halogens is 1. The van der Waals surface area contributed by atoms with Gasteiger partial charge in [0.2, 0.25) is 0 Å². The zero-order valence-corrected chi connectivity index (χ0v) is 15.2. The third-order valence-electron chi connectivity index (χ3n) is 3.57. The van der Waals surface area contributed by atoms with Crippen LogP contribution in [0.5, 0.6) is 5.75 Å². The van der Waals surface area contributed by atoms with E-state index in [0.717, 1.165) is 17.3 Å². The minimum atomic E-state index is -0.358. The first-order chi connectivity index (χ1) is 12.0. The summed E-state index contributed by atoms with van der Waals surface area (Å²) in [5.41, 5.74) is 2.00. The predicted molar refractivity (Wildman–Crippen MR) is 98.5 cm³/mol. The maximum atomic E-state index is 12.5. The molecule has 0 aromatic heterocycles. The maximum Gasteiger partial charge on any atom is 0.293 e. The maximum absolute atomic E-state index is 12.5. The fourth-order valence-electron chi connectivity index (χ4n) is 2.27. The van der Waals surface area contributed by atoms with Gasteiger partial charge in [-0.05, 0) is 69.2 Å². The van der Waals surface area contributed by atoms with Gasteiger partial charge < -0.3 is 5.11 Å². The second-order valence-electron chi connectivity index (χ2n) is 5.29. The Morgan fingerprint density at radius 2 is 1.92 bits per heavy atom. The van der Waals surface area contributed by atoms with E-state index < -0.39 is 0 Å². The van der Waals surface area contributed by atoms with Crippen LogP contribution in [0.1, 0.15) is 16.7 Å². The van der Waals surface area contributed by atoms with Crippen molar-refractivity contribution in [1.29, 1.82) is 5.26 Å². The molecule has 1 N–H and O–H groups in total. The van der Waals surface area contributed by atoms with Gasteiger partial charge in [0.15, 0.2) is 0 Å². The number of hydrogen-bond donors (Lipinski definition) is 1. The number of thioether (sulfide) groups is 1. The molecule has 0 bridgehead atoms. The first kappa shape index (κ1) is 17.3. The molecule has 1 aliphatic heterocycles. The van der Waals surface area contributed by atoms with E-state index in [1.807, 2.05) is 6.07 Å². The average Bonchev–Trinajstić information content (AvgIpc) is 2.86. The van der Waals surface area contributed by atoms with Crippen LogP contribution in [0.3, 0.4) is 0 Å². The summed E-state index contributed by atoms with van der Waals surface area (Å²) in [4.78, 5) is 26.2. The Bertz CT molecular complexity index is 932. The molecule has 2 aromatic rings. The van der Waals surface area contributed by atoms with E-state index in [-0.39, 0.29) is 23.4 Å². The standard InChI is InChI=1S/C18H11BrN2O3S/c19-14-7-13(5-6-15(14)22)8-16-17(23)21(18(24)25-16)10-12-3-1-11(9-20)2-4-12/h1-8,22H,10H2/b16-8-. The summed E-state index contributed by atoms with van der Waals surface area (Å²) in [5, 5.41) is 18.0. The summed E-state index contributed by atoms with van der Waals surface area (Å²) in [7, 11) is 0. The van der Waals surface area contributed by atoms with Crippen LogP contribution in [0.25, 0.3) is 6.08 Å². The molecule has 1 saturated heterocycles. The Morgan fingerprint density at radius 1 is 1.20 bits per heavy atom. The molecule has 2 aromatic carbocycles. The van der Waals surface area contributed by atoms with Gasteiger partial charge in [0, 0.05) is 0 Å². The third kappa shape index (κ3) is 3.76. The van der Waals surface area contributed by atoms with Crippen molar-refractivity contribution in [3.63, 3.8) is 0 Å². The zero-order valence-electron chi connectivity index (χ0n) is 12.8.